The fourth-order valence-electron chi connectivity index (χ4n) is 3.07. The molecule has 2 aromatic heterocycles. The van der Waals surface area contributed by atoms with Crippen LogP contribution in [0.1, 0.15) is 16.8 Å². The van der Waals surface area contributed by atoms with Crippen LogP contribution in [0.25, 0.3) is 17.1 Å². The van der Waals surface area contributed by atoms with Gasteiger partial charge in [0.1, 0.15) is 12.1 Å². The highest BCUT2D eigenvalue weighted by Gasteiger charge is 2.09. The van der Waals surface area contributed by atoms with E-state index in [4.69, 9.17) is 4.42 Å². The number of oxazole rings is 1. The SMILES string of the molecule is CN=C(NCc1ccc(-n2ccnc2)c(F)c1)NCc1coc(-c2ccc(C)cc2)n1.I. The normalized spacial score (nSPS) is 11.2. The van der Waals surface area contributed by atoms with E-state index in [9.17, 15) is 4.39 Å². The van der Waals surface area contributed by atoms with Gasteiger partial charge in [-0.3, -0.25) is 4.99 Å². The minimum Gasteiger partial charge on any atom is -0.444 e. The van der Waals surface area contributed by atoms with Gasteiger partial charge in [0.2, 0.25) is 5.89 Å². The molecule has 0 aliphatic heterocycles. The number of hydrogen-bond donors (Lipinski definition) is 2. The summed E-state index contributed by atoms with van der Waals surface area (Å²) < 4.78 is 21.6. The number of hydrogen-bond acceptors (Lipinski definition) is 4. The highest BCUT2D eigenvalue weighted by atomic mass is 127. The molecule has 4 aromatic rings. The summed E-state index contributed by atoms with van der Waals surface area (Å²) in [5.41, 5.74) is 4.13. The Morgan fingerprint density at radius 2 is 1.91 bits per heavy atom. The molecule has 7 nitrogen and oxygen atoms in total. The van der Waals surface area contributed by atoms with Crippen LogP contribution in [-0.2, 0) is 13.1 Å². The Bertz CT molecular complexity index is 1170. The standard InChI is InChI=1S/C23H23FN6O.HI/c1-16-3-6-18(7-4-16)22-29-19(14-31-22)13-28-23(25-2)27-12-17-5-8-21(20(24)11-17)30-10-9-26-15-30;/h3-11,14-15H,12-13H2,1-2H3,(H2,25,27,28);1H. The van der Waals surface area contributed by atoms with E-state index in [1.165, 1.54) is 11.6 Å². The molecular weight excluding hydrogens is 522 g/mol. The predicted molar refractivity (Wildman–Crippen MR) is 133 cm³/mol. The van der Waals surface area contributed by atoms with E-state index < -0.39 is 0 Å². The van der Waals surface area contributed by atoms with Crippen LogP contribution in [0.4, 0.5) is 4.39 Å². The molecular formula is C23H24FIN6O. The quantitative estimate of drug-likeness (QED) is 0.212. The fourth-order valence-corrected chi connectivity index (χ4v) is 3.07. The second-order valence-electron chi connectivity index (χ2n) is 7.05. The van der Waals surface area contributed by atoms with Gasteiger partial charge in [0.15, 0.2) is 5.96 Å². The molecule has 0 unspecified atom stereocenters. The van der Waals surface area contributed by atoms with Gasteiger partial charge in [0.25, 0.3) is 0 Å². The molecule has 0 saturated carbocycles. The number of aliphatic imine (C=N–C) groups is 1. The van der Waals surface area contributed by atoms with E-state index in [1.54, 1.807) is 42.7 Å². The summed E-state index contributed by atoms with van der Waals surface area (Å²) >= 11 is 0. The van der Waals surface area contributed by atoms with Gasteiger partial charge in [0, 0.05) is 31.5 Å². The molecule has 0 saturated heterocycles. The summed E-state index contributed by atoms with van der Waals surface area (Å²) in [5, 5.41) is 6.37. The van der Waals surface area contributed by atoms with Gasteiger partial charge in [-0.1, -0.05) is 23.8 Å². The van der Waals surface area contributed by atoms with Crippen molar-refractivity contribution in [3.63, 3.8) is 0 Å². The zero-order valence-electron chi connectivity index (χ0n) is 17.7. The third-order valence-corrected chi connectivity index (χ3v) is 4.77. The lowest BCUT2D eigenvalue weighted by molar-refractivity contribution is 0.572. The highest BCUT2D eigenvalue weighted by Crippen LogP contribution is 2.19. The minimum absolute atomic E-state index is 0. The smallest absolute Gasteiger partial charge is 0.226 e. The van der Waals surface area contributed by atoms with Crippen molar-refractivity contribution in [3.8, 4) is 17.1 Å². The number of aromatic nitrogens is 3. The van der Waals surface area contributed by atoms with Crippen LogP contribution in [0.3, 0.4) is 0 Å². The zero-order chi connectivity index (χ0) is 21.6. The Morgan fingerprint density at radius 3 is 2.59 bits per heavy atom. The summed E-state index contributed by atoms with van der Waals surface area (Å²) in [6.45, 7) is 2.91. The van der Waals surface area contributed by atoms with Gasteiger partial charge in [0.05, 0.1) is 24.3 Å². The van der Waals surface area contributed by atoms with Crippen LogP contribution in [-0.4, -0.2) is 27.5 Å². The molecule has 0 radical (unpaired) electrons. The van der Waals surface area contributed by atoms with E-state index >= 15 is 0 Å². The van der Waals surface area contributed by atoms with Crippen molar-refractivity contribution in [1.29, 1.82) is 0 Å². The first-order valence-electron chi connectivity index (χ1n) is 9.85. The Labute approximate surface area is 202 Å². The lowest BCUT2D eigenvalue weighted by atomic mass is 10.1. The average molecular weight is 546 g/mol. The van der Waals surface area contributed by atoms with Crippen molar-refractivity contribution in [2.45, 2.75) is 20.0 Å². The van der Waals surface area contributed by atoms with Crippen molar-refractivity contribution in [3.05, 3.63) is 90.1 Å². The van der Waals surface area contributed by atoms with E-state index in [-0.39, 0.29) is 29.8 Å². The topological polar surface area (TPSA) is 80.3 Å². The van der Waals surface area contributed by atoms with E-state index in [2.05, 4.69) is 25.6 Å². The van der Waals surface area contributed by atoms with E-state index in [1.807, 2.05) is 37.3 Å². The molecule has 0 amide bonds. The molecule has 0 spiro atoms. The van der Waals surface area contributed by atoms with Crippen LogP contribution in [0, 0.1) is 12.7 Å². The molecule has 0 atom stereocenters. The van der Waals surface area contributed by atoms with Crippen molar-refractivity contribution >= 4 is 29.9 Å². The molecule has 2 N–H and O–H groups in total. The van der Waals surface area contributed by atoms with Gasteiger partial charge < -0.3 is 19.6 Å². The molecule has 0 aliphatic rings. The fraction of sp³-hybridized carbons (Fsp3) is 0.174. The number of guanidine groups is 1. The Morgan fingerprint density at radius 1 is 1.12 bits per heavy atom. The summed E-state index contributed by atoms with van der Waals surface area (Å²) in [7, 11) is 1.68. The minimum atomic E-state index is -0.313. The number of rotatable bonds is 6. The van der Waals surface area contributed by atoms with Gasteiger partial charge in [-0.25, -0.2) is 14.4 Å². The van der Waals surface area contributed by atoms with Crippen LogP contribution in [0.2, 0.25) is 0 Å². The first-order chi connectivity index (χ1) is 15.1. The number of imidazole rings is 1. The molecule has 0 fully saturated rings. The lowest BCUT2D eigenvalue weighted by Crippen LogP contribution is -2.36. The third-order valence-electron chi connectivity index (χ3n) is 4.77. The monoisotopic (exact) mass is 546 g/mol. The molecule has 2 aromatic carbocycles. The maximum atomic E-state index is 14.4. The summed E-state index contributed by atoms with van der Waals surface area (Å²) in [5.74, 6) is 0.846. The van der Waals surface area contributed by atoms with Gasteiger partial charge >= 0.3 is 0 Å². The Hall–Kier alpha value is -3.21. The molecule has 2 heterocycles. The van der Waals surface area contributed by atoms with E-state index in [0.29, 0.717) is 30.6 Å². The molecule has 32 heavy (non-hydrogen) atoms. The van der Waals surface area contributed by atoms with Gasteiger partial charge in [-0.2, -0.15) is 0 Å². The number of benzene rings is 2. The van der Waals surface area contributed by atoms with Crippen LogP contribution >= 0.6 is 24.0 Å². The summed E-state index contributed by atoms with van der Waals surface area (Å²) in [6.07, 6.45) is 6.51. The van der Waals surface area contributed by atoms with Crippen molar-refractivity contribution in [2.24, 2.45) is 4.99 Å². The lowest BCUT2D eigenvalue weighted by Gasteiger charge is -2.12. The molecule has 0 bridgehead atoms. The number of nitrogens with one attached hydrogen (secondary N) is 2. The summed E-state index contributed by atoms with van der Waals surface area (Å²) in [6, 6.07) is 13.1. The largest absolute Gasteiger partial charge is 0.444 e. The van der Waals surface area contributed by atoms with Crippen molar-refractivity contribution in [2.75, 3.05) is 7.05 Å². The second kappa shape index (κ2) is 10.9. The molecule has 0 aliphatic carbocycles. The first kappa shape index (κ1) is 23.5. The zero-order valence-corrected chi connectivity index (χ0v) is 20.1. The highest BCUT2D eigenvalue weighted by molar-refractivity contribution is 14.0. The van der Waals surface area contributed by atoms with Crippen molar-refractivity contribution < 1.29 is 8.81 Å². The van der Waals surface area contributed by atoms with Gasteiger partial charge in [-0.05, 0) is 36.8 Å². The first-order valence-corrected chi connectivity index (χ1v) is 9.85. The van der Waals surface area contributed by atoms with Gasteiger partial charge in [-0.15, -0.1) is 24.0 Å². The van der Waals surface area contributed by atoms with Crippen LogP contribution < -0.4 is 10.6 Å². The number of halogens is 2. The maximum absolute atomic E-state index is 14.4. The Balaban J connectivity index is 0.00000289. The molecule has 9 heteroatoms. The number of nitrogens with zero attached hydrogens (tertiary/aromatic N) is 4. The molecule has 166 valence electrons. The van der Waals surface area contributed by atoms with Crippen molar-refractivity contribution in [1.82, 2.24) is 25.2 Å². The van der Waals surface area contributed by atoms with Crippen LogP contribution in [0.15, 0.2) is 76.9 Å². The molecule has 4 rings (SSSR count). The Kier molecular flexibility index (Phi) is 7.98. The predicted octanol–water partition coefficient (Wildman–Crippen LogP) is 4.46. The van der Waals surface area contributed by atoms with E-state index in [0.717, 1.165) is 16.8 Å². The second-order valence-corrected chi connectivity index (χ2v) is 7.05. The maximum Gasteiger partial charge on any atom is 0.226 e. The summed E-state index contributed by atoms with van der Waals surface area (Å²) in [4.78, 5) is 12.7. The average Bonchev–Trinajstić information content (AvgIpc) is 3.47. The van der Waals surface area contributed by atoms with Crippen LogP contribution in [0.5, 0.6) is 0 Å². The third kappa shape index (κ3) is 5.72. The number of aryl methyl sites for hydroxylation is 1.